The molecule has 138 valence electrons. The average molecular weight is 348 g/mol. The van der Waals surface area contributed by atoms with Crippen LogP contribution in [-0.4, -0.2) is 33.4 Å². The second-order valence-corrected chi connectivity index (χ2v) is 7.12. The number of ketones is 1. The summed E-state index contributed by atoms with van der Waals surface area (Å²) >= 11 is 0. The number of aromatic nitrogens is 1. The lowest BCUT2D eigenvalue weighted by Gasteiger charge is -2.27. The molecule has 1 unspecified atom stereocenters. The van der Waals surface area contributed by atoms with E-state index in [2.05, 4.69) is 5.32 Å². The third-order valence-electron chi connectivity index (χ3n) is 5.03. The molecule has 25 heavy (non-hydrogen) atoms. The maximum atomic E-state index is 12.6. The highest BCUT2D eigenvalue weighted by molar-refractivity contribution is 5.99. The Hall–Kier alpha value is -2.11. The lowest BCUT2D eigenvalue weighted by Crippen LogP contribution is -2.37. The van der Waals surface area contributed by atoms with Gasteiger partial charge in [-0.15, -0.1) is 0 Å². The molecule has 0 spiro atoms. The standard InChI is InChI=1S/C19H28N2O4/c1-13(22)15-11-17(21(2)12-15)19(25)20-16(8-9-18(23)24)10-14-6-4-3-5-7-14/h11-12,14,16H,3-10H2,1-2H3,(H,20,25)(H,23,24). The zero-order chi connectivity index (χ0) is 18.4. The van der Waals surface area contributed by atoms with Crippen molar-refractivity contribution in [1.29, 1.82) is 0 Å². The smallest absolute Gasteiger partial charge is 0.303 e. The molecule has 1 aromatic rings. The fraction of sp³-hybridized carbons (Fsp3) is 0.632. The van der Waals surface area contributed by atoms with Crippen LogP contribution in [0.15, 0.2) is 12.3 Å². The number of aliphatic carboxylic acids is 1. The molecule has 1 atom stereocenters. The van der Waals surface area contributed by atoms with Gasteiger partial charge in [0.1, 0.15) is 5.69 Å². The van der Waals surface area contributed by atoms with Crippen LogP contribution in [0.1, 0.15) is 79.1 Å². The van der Waals surface area contributed by atoms with Crippen molar-refractivity contribution in [3.05, 3.63) is 23.5 Å². The number of carboxylic acid groups (broad SMARTS) is 1. The topological polar surface area (TPSA) is 88.4 Å². The second kappa shape index (κ2) is 8.83. The summed E-state index contributed by atoms with van der Waals surface area (Å²) in [6.07, 6.45) is 8.93. The number of rotatable bonds is 8. The van der Waals surface area contributed by atoms with E-state index in [1.54, 1.807) is 23.9 Å². The number of nitrogens with zero attached hydrogens (tertiary/aromatic N) is 1. The number of hydrogen-bond acceptors (Lipinski definition) is 3. The largest absolute Gasteiger partial charge is 0.481 e. The van der Waals surface area contributed by atoms with Crippen molar-refractivity contribution < 1.29 is 19.5 Å². The molecule has 6 heteroatoms. The summed E-state index contributed by atoms with van der Waals surface area (Å²) in [6.45, 7) is 1.47. The minimum Gasteiger partial charge on any atom is -0.481 e. The number of carbonyl (C=O) groups excluding carboxylic acids is 2. The molecule has 0 bridgehead atoms. The number of nitrogens with one attached hydrogen (secondary N) is 1. The molecule has 1 saturated carbocycles. The van der Waals surface area contributed by atoms with E-state index in [1.165, 1.54) is 26.2 Å². The van der Waals surface area contributed by atoms with Crippen LogP contribution in [0.5, 0.6) is 0 Å². The first-order valence-electron chi connectivity index (χ1n) is 9.06. The van der Waals surface area contributed by atoms with Crippen LogP contribution in [0.3, 0.4) is 0 Å². The Labute approximate surface area is 148 Å². The number of carbonyl (C=O) groups is 3. The molecule has 2 rings (SSSR count). The first-order chi connectivity index (χ1) is 11.9. The Morgan fingerprint density at radius 3 is 2.52 bits per heavy atom. The fourth-order valence-electron chi connectivity index (χ4n) is 3.61. The predicted molar refractivity (Wildman–Crippen MR) is 94.7 cm³/mol. The quantitative estimate of drug-likeness (QED) is 0.706. The van der Waals surface area contributed by atoms with Gasteiger partial charge in [-0.3, -0.25) is 14.4 Å². The molecule has 1 aromatic heterocycles. The molecular formula is C19H28N2O4. The highest BCUT2D eigenvalue weighted by Crippen LogP contribution is 2.28. The highest BCUT2D eigenvalue weighted by atomic mass is 16.4. The van der Waals surface area contributed by atoms with Gasteiger partial charge in [-0.25, -0.2) is 0 Å². The number of hydrogen-bond donors (Lipinski definition) is 2. The van der Waals surface area contributed by atoms with E-state index in [1.807, 2.05) is 0 Å². The fourth-order valence-corrected chi connectivity index (χ4v) is 3.61. The molecule has 0 saturated heterocycles. The Morgan fingerprint density at radius 1 is 1.28 bits per heavy atom. The van der Waals surface area contributed by atoms with Crippen LogP contribution in [0.4, 0.5) is 0 Å². The Morgan fingerprint density at radius 2 is 1.96 bits per heavy atom. The number of Topliss-reactive ketones (excluding diaryl/α,β-unsaturated/α-hetero) is 1. The maximum Gasteiger partial charge on any atom is 0.303 e. The van der Waals surface area contributed by atoms with Crippen LogP contribution in [0, 0.1) is 5.92 Å². The number of aryl methyl sites for hydroxylation is 1. The number of carboxylic acids is 1. The van der Waals surface area contributed by atoms with Crippen molar-refractivity contribution >= 4 is 17.7 Å². The Balaban J connectivity index is 2.04. The zero-order valence-corrected chi connectivity index (χ0v) is 15.1. The molecule has 1 aliphatic carbocycles. The highest BCUT2D eigenvalue weighted by Gasteiger charge is 2.23. The van der Waals surface area contributed by atoms with E-state index >= 15 is 0 Å². The van der Waals surface area contributed by atoms with Gasteiger partial charge in [0.25, 0.3) is 5.91 Å². The minimum absolute atomic E-state index is 0.0451. The molecule has 0 aliphatic heterocycles. The van der Waals surface area contributed by atoms with Crippen molar-refractivity contribution in [2.24, 2.45) is 13.0 Å². The van der Waals surface area contributed by atoms with Crippen LogP contribution < -0.4 is 5.32 Å². The van der Waals surface area contributed by atoms with Crippen molar-refractivity contribution in [3.8, 4) is 0 Å². The Bertz CT molecular complexity index is 629. The van der Waals surface area contributed by atoms with Gasteiger partial charge >= 0.3 is 5.97 Å². The van der Waals surface area contributed by atoms with Gasteiger partial charge in [0.05, 0.1) is 0 Å². The lowest BCUT2D eigenvalue weighted by atomic mass is 9.84. The molecule has 1 heterocycles. The third-order valence-corrected chi connectivity index (χ3v) is 5.03. The van der Waals surface area contributed by atoms with Gasteiger partial charge in [0.15, 0.2) is 5.78 Å². The Kier molecular flexibility index (Phi) is 6.79. The normalized spacial score (nSPS) is 16.4. The molecule has 2 N–H and O–H groups in total. The molecule has 1 fully saturated rings. The zero-order valence-electron chi connectivity index (χ0n) is 15.1. The summed E-state index contributed by atoms with van der Waals surface area (Å²) in [7, 11) is 1.73. The average Bonchev–Trinajstić information content (AvgIpc) is 2.96. The van der Waals surface area contributed by atoms with E-state index in [4.69, 9.17) is 5.11 Å². The summed E-state index contributed by atoms with van der Waals surface area (Å²) in [6, 6.07) is 1.44. The SMILES string of the molecule is CC(=O)c1cc(C(=O)NC(CCC(=O)O)CC2CCCCC2)n(C)c1. The van der Waals surface area contributed by atoms with Crippen molar-refractivity contribution in [3.63, 3.8) is 0 Å². The molecule has 0 radical (unpaired) electrons. The van der Waals surface area contributed by atoms with Crippen LogP contribution in [-0.2, 0) is 11.8 Å². The molecule has 6 nitrogen and oxygen atoms in total. The van der Waals surface area contributed by atoms with E-state index in [9.17, 15) is 14.4 Å². The van der Waals surface area contributed by atoms with Crippen molar-refractivity contribution in [1.82, 2.24) is 9.88 Å². The summed E-state index contributed by atoms with van der Waals surface area (Å²) in [5.74, 6) is -0.629. The van der Waals surface area contributed by atoms with E-state index in [0.29, 0.717) is 23.6 Å². The third kappa shape index (κ3) is 5.73. The molecule has 1 amide bonds. The monoisotopic (exact) mass is 348 g/mol. The van der Waals surface area contributed by atoms with Gasteiger partial charge in [-0.2, -0.15) is 0 Å². The second-order valence-electron chi connectivity index (χ2n) is 7.12. The van der Waals surface area contributed by atoms with Gasteiger partial charge in [-0.05, 0) is 31.7 Å². The van der Waals surface area contributed by atoms with Crippen LogP contribution in [0.25, 0.3) is 0 Å². The van der Waals surface area contributed by atoms with Crippen molar-refractivity contribution in [2.45, 2.75) is 64.3 Å². The number of amides is 1. The summed E-state index contributed by atoms with van der Waals surface area (Å²) in [5, 5.41) is 12.0. The first-order valence-corrected chi connectivity index (χ1v) is 9.06. The summed E-state index contributed by atoms with van der Waals surface area (Å²) in [4.78, 5) is 35.0. The van der Waals surface area contributed by atoms with E-state index < -0.39 is 5.97 Å². The maximum absolute atomic E-state index is 12.6. The van der Waals surface area contributed by atoms with Crippen molar-refractivity contribution in [2.75, 3.05) is 0 Å². The lowest BCUT2D eigenvalue weighted by molar-refractivity contribution is -0.137. The summed E-state index contributed by atoms with van der Waals surface area (Å²) in [5.41, 5.74) is 0.927. The first kappa shape index (κ1) is 19.2. The summed E-state index contributed by atoms with van der Waals surface area (Å²) < 4.78 is 1.64. The van der Waals surface area contributed by atoms with Gasteiger partial charge in [-0.1, -0.05) is 32.1 Å². The van der Waals surface area contributed by atoms with Gasteiger partial charge < -0.3 is 15.0 Å². The van der Waals surface area contributed by atoms with Gasteiger partial charge in [0.2, 0.25) is 0 Å². The van der Waals surface area contributed by atoms with Crippen LogP contribution in [0.2, 0.25) is 0 Å². The van der Waals surface area contributed by atoms with Crippen LogP contribution >= 0.6 is 0 Å². The van der Waals surface area contributed by atoms with E-state index in [0.717, 1.165) is 19.3 Å². The molecule has 1 aliphatic rings. The van der Waals surface area contributed by atoms with E-state index in [-0.39, 0.29) is 24.2 Å². The minimum atomic E-state index is -0.847. The predicted octanol–water partition coefficient (Wildman–Crippen LogP) is 3.16. The molecular weight excluding hydrogens is 320 g/mol. The molecule has 0 aromatic carbocycles. The van der Waals surface area contributed by atoms with Gasteiger partial charge in [0, 0.05) is 31.3 Å².